The van der Waals surface area contributed by atoms with Gasteiger partial charge in [0.1, 0.15) is 5.92 Å². The molecule has 3 rings (SSSR count). The van der Waals surface area contributed by atoms with Crippen LogP contribution in [-0.2, 0) is 4.79 Å². The van der Waals surface area contributed by atoms with Gasteiger partial charge in [0, 0.05) is 5.71 Å². The average Bonchev–Trinajstić information content (AvgIpc) is 2.99. The number of nitrogens with zero attached hydrogens (tertiary/aromatic N) is 3. The van der Waals surface area contributed by atoms with Crippen LogP contribution in [0.2, 0.25) is 0 Å². The van der Waals surface area contributed by atoms with Gasteiger partial charge in [-0.25, -0.2) is 4.98 Å². The summed E-state index contributed by atoms with van der Waals surface area (Å²) in [6.07, 6.45) is 0.553. The molecule has 0 aliphatic carbocycles. The fourth-order valence-electron chi connectivity index (χ4n) is 2.26. The largest absolute Gasteiger partial charge is 0.308 e. The maximum absolute atomic E-state index is 12.4. The highest BCUT2D eigenvalue weighted by atomic mass is 32.1. The normalized spacial score (nSPS) is 18.7. The molecule has 1 atom stereocenters. The quantitative estimate of drug-likeness (QED) is 0.881. The van der Waals surface area contributed by atoms with Crippen LogP contribution in [0.15, 0.2) is 29.4 Å². The van der Waals surface area contributed by atoms with E-state index in [2.05, 4.69) is 10.1 Å². The number of carbonyl (C=O) groups is 1. The van der Waals surface area contributed by atoms with Gasteiger partial charge < -0.3 is 5.41 Å². The molecule has 1 aliphatic rings. The van der Waals surface area contributed by atoms with Gasteiger partial charge >= 0.3 is 0 Å². The van der Waals surface area contributed by atoms with Crippen molar-refractivity contribution in [3.05, 3.63) is 24.3 Å². The molecule has 5 nitrogen and oxygen atoms in total. The average molecular weight is 286 g/mol. The minimum absolute atomic E-state index is 0.173. The minimum atomic E-state index is -0.521. The molecular weight excluding hydrogens is 272 g/mol. The third-order valence-corrected chi connectivity index (χ3v) is 4.34. The first-order valence-corrected chi connectivity index (χ1v) is 7.25. The van der Waals surface area contributed by atoms with E-state index in [0.717, 1.165) is 10.2 Å². The molecule has 0 fully saturated rings. The van der Waals surface area contributed by atoms with Crippen LogP contribution in [-0.4, -0.2) is 22.3 Å². The summed E-state index contributed by atoms with van der Waals surface area (Å²) < 4.78 is 1.03. The van der Waals surface area contributed by atoms with Gasteiger partial charge in [-0.2, -0.15) is 10.1 Å². The number of thiazole rings is 1. The number of carbonyl (C=O) groups excluding carboxylic acids is 1. The smallest absolute Gasteiger partial charge is 0.264 e. The summed E-state index contributed by atoms with van der Waals surface area (Å²) in [4.78, 5) is 16.9. The summed E-state index contributed by atoms with van der Waals surface area (Å²) in [6, 6.07) is 7.75. The highest BCUT2D eigenvalue weighted by Gasteiger charge is 2.37. The molecule has 20 heavy (non-hydrogen) atoms. The fourth-order valence-corrected chi connectivity index (χ4v) is 3.18. The van der Waals surface area contributed by atoms with Crippen LogP contribution in [0.25, 0.3) is 10.2 Å². The van der Waals surface area contributed by atoms with Crippen molar-refractivity contribution in [3.63, 3.8) is 0 Å². The van der Waals surface area contributed by atoms with Crippen molar-refractivity contribution in [1.82, 2.24) is 4.98 Å². The van der Waals surface area contributed by atoms with Crippen molar-refractivity contribution in [3.8, 4) is 0 Å². The maximum Gasteiger partial charge on any atom is 0.264 e. The van der Waals surface area contributed by atoms with Crippen molar-refractivity contribution in [2.45, 2.75) is 20.3 Å². The lowest BCUT2D eigenvalue weighted by Gasteiger charge is -2.11. The lowest BCUT2D eigenvalue weighted by Crippen LogP contribution is -2.31. The van der Waals surface area contributed by atoms with Gasteiger partial charge in [0.05, 0.1) is 15.9 Å². The van der Waals surface area contributed by atoms with E-state index in [1.165, 1.54) is 16.3 Å². The Morgan fingerprint density at radius 1 is 1.45 bits per heavy atom. The monoisotopic (exact) mass is 286 g/mol. The molecule has 0 bridgehead atoms. The van der Waals surface area contributed by atoms with Crippen LogP contribution in [0.3, 0.4) is 0 Å². The van der Waals surface area contributed by atoms with E-state index in [4.69, 9.17) is 5.41 Å². The maximum atomic E-state index is 12.4. The zero-order chi connectivity index (χ0) is 14.3. The number of hydrogen-bond donors (Lipinski definition) is 1. The molecular formula is C14H14N4OS. The lowest BCUT2D eigenvalue weighted by atomic mass is 9.97. The first-order valence-electron chi connectivity index (χ1n) is 6.43. The zero-order valence-corrected chi connectivity index (χ0v) is 12.1. The Labute approximate surface area is 120 Å². The molecule has 102 valence electrons. The first-order chi connectivity index (χ1) is 9.61. The van der Waals surface area contributed by atoms with Crippen molar-refractivity contribution in [2.75, 3.05) is 5.01 Å². The van der Waals surface area contributed by atoms with Gasteiger partial charge in [0.15, 0.2) is 0 Å². The number of hydrogen-bond acceptors (Lipinski definition) is 5. The SMILES string of the molecule is CCC(=N)C1C(=O)N(c2nc3ccccc3s2)N=C1C. The molecule has 2 heterocycles. The highest BCUT2D eigenvalue weighted by molar-refractivity contribution is 7.22. The lowest BCUT2D eigenvalue weighted by molar-refractivity contribution is -0.118. The van der Waals surface area contributed by atoms with Crippen LogP contribution in [0, 0.1) is 11.3 Å². The molecule has 1 aliphatic heterocycles. The molecule has 6 heteroatoms. The number of rotatable bonds is 3. The summed E-state index contributed by atoms with van der Waals surface area (Å²) in [5, 5.41) is 14.1. The van der Waals surface area contributed by atoms with Gasteiger partial charge in [-0.05, 0) is 25.5 Å². The van der Waals surface area contributed by atoms with Crippen LogP contribution < -0.4 is 5.01 Å². The van der Waals surface area contributed by atoms with Crippen LogP contribution in [0.4, 0.5) is 5.13 Å². The minimum Gasteiger partial charge on any atom is -0.308 e. The number of anilines is 1. The Hall–Kier alpha value is -2.08. The topological polar surface area (TPSA) is 69.4 Å². The molecule has 1 aromatic carbocycles. The zero-order valence-electron chi connectivity index (χ0n) is 11.3. The number of amides is 1. The molecule has 0 radical (unpaired) electrons. The van der Waals surface area contributed by atoms with Crippen LogP contribution >= 0.6 is 11.3 Å². The van der Waals surface area contributed by atoms with Crippen LogP contribution in [0.1, 0.15) is 20.3 Å². The summed E-state index contributed by atoms with van der Waals surface area (Å²) in [6.45, 7) is 3.67. The molecule has 1 unspecified atom stereocenters. The van der Waals surface area contributed by atoms with Crippen molar-refractivity contribution in [2.24, 2.45) is 11.0 Å². The molecule has 1 amide bonds. The second-order valence-electron chi connectivity index (χ2n) is 4.67. The third-order valence-electron chi connectivity index (χ3n) is 3.32. The number of hydrazone groups is 1. The number of nitrogens with one attached hydrogen (secondary N) is 1. The molecule has 0 saturated heterocycles. The van der Waals surface area contributed by atoms with Gasteiger partial charge in [0.2, 0.25) is 5.13 Å². The molecule has 2 aromatic rings. The van der Waals surface area contributed by atoms with Gasteiger partial charge in [-0.15, -0.1) is 0 Å². The van der Waals surface area contributed by atoms with Crippen molar-refractivity contribution in [1.29, 1.82) is 5.41 Å². The molecule has 0 saturated carbocycles. The second kappa shape index (κ2) is 4.79. The van der Waals surface area contributed by atoms with Crippen LogP contribution in [0.5, 0.6) is 0 Å². The predicted octanol–water partition coefficient (Wildman–Crippen LogP) is 3.06. The number of aromatic nitrogens is 1. The second-order valence-corrected chi connectivity index (χ2v) is 5.68. The standard InChI is InChI=1S/C14H14N4OS/c1-3-9(15)12-8(2)17-18(13(12)19)14-16-10-6-4-5-7-11(10)20-14/h4-7,12,15H,3H2,1-2H3. The summed E-state index contributed by atoms with van der Waals surface area (Å²) in [5.74, 6) is -0.694. The highest BCUT2D eigenvalue weighted by Crippen LogP contribution is 2.32. The summed E-state index contributed by atoms with van der Waals surface area (Å²) in [7, 11) is 0. The Kier molecular flexibility index (Phi) is 3.10. The number of fused-ring (bicyclic) bond motifs is 1. The van der Waals surface area contributed by atoms with Gasteiger partial charge in [-0.3, -0.25) is 4.79 Å². The van der Waals surface area contributed by atoms with E-state index in [1.807, 2.05) is 31.2 Å². The van der Waals surface area contributed by atoms with E-state index in [9.17, 15) is 4.79 Å². The number of para-hydroxylation sites is 1. The van der Waals surface area contributed by atoms with Gasteiger partial charge in [0.25, 0.3) is 5.91 Å². The Morgan fingerprint density at radius 2 is 2.20 bits per heavy atom. The van der Waals surface area contributed by atoms with E-state index in [-0.39, 0.29) is 5.91 Å². The first kappa shape index (κ1) is 12.9. The number of benzene rings is 1. The third kappa shape index (κ3) is 1.92. The summed E-state index contributed by atoms with van der Waals surface area (Å²) >= 11 is 1.44. The Morgan fingerprint density at radius 3 is 2.90 bits per heavy atom. The van der Waals surface area contributed by atoms with Gasteiger partial charge in [-0.1, -0.05) is 30.4 Å². The molecule has 1 aromatic heterocycles. The Bertz CT molecular complexity index is 701. The predicted molar refractivity (Wildman–Crippen MR) is 81.7 cm³/mol. The fraction of sp³-hybridized carbons (Fsp3) is 0.286. The Balaban J connectivity index is 1.99. The van der Waals surface area contributed by atoms with E-state index >= 15 is 0 Å². The van der Waals surface area contributed by atoms with E-state index in [0.29, 0.717) is 23.0 Å². The molecule has 0 spiro atoms. The van der Waals surface area contributed by atoms with Crippen molar-refractivity contribution < 1.29 is 4.79 Å². The van der Waals surface area contributed by atoms with E-state index in [1.54, 1.807) is 6.92 Å². The molecule has 1 N–H and O–H groups in total. The van der Waals surface area contributed by atoms with Crippen molar-refractivity contribution >= 4 is 44.0 Å². The van der Waals surface area contributed by atoms with E-state index < -0.39 is 5.92 Å². The summed E-state index contributed by atoms with van der Waals surface area (Å²) in [5.41, 5.74) is 1.93.